The van der Waals surface area contributed by atoms with E-state index < -0.39 is 0 Å². The van der Waals surface area contributed by atoms with Crippen molar-refractivity contribution in [2.24, 2.45) is 5.92 Å². The normalized spacial score (nSPS) is 11.1. The van der Waals surface area contributed by atoms with Gasteiger partial charge in [0.15, 0.2) is 0 Å². The maximum atomic E-state index is 5.30. The first-order valence-corrected chi connectivity index (χ1v) is 7.04. The van der Waals surface area contributed by atoms with E-state index in [1.54, 1.807) is 17.6 Å². The summed E-state index contributed by atoms with van der Waals surface area (Å²) in [6.07, 6.45) is 2.63. The van der Waals surface area contributed by atoms with Gasteiger partial charge >= 0.3 is 0 Å². The van der Waals surface area contributed by atoms with Crippen LogP contribution in [0.25, 0.3) is 0 Å². The molecule has 0 aliphatic heterocycles. The molecule has 4 nitrogen and oxygen atoms in total. The maximum Gasteiger partial charge on any atom is 0.206 e. The molecule has 0 amide bonds. The molecule has 0 fully saturated rings. The number of furan rings is 1. The Morgan fingerprint density at radius 1 is 1.47 bits per heavy atom. The number of rotatable bonds is 5. The summed E-state index contributed by atoms with van der Waals surface area (Å²) in [5, 5.41) is 13.4. The van der Waals surface area contributed by atoms with E-state index in [0.717, 1.165) is 26.8 Å². The Labute approximate surface area is 113 Å². The molecular weight excluding hydrogens is 302 g/mol. The van der Waals surface area contributed by atoms with E-state index in [1.807, 2.05) is 6.07 Å². The van der Waals surface area contributed by atoms with Crippen LogP contribution in [0.1, 0.15) is 24.6 Å². The van der Waals surface area contributed by atoms with E-state index in [2.05, 4.69) is 45.3 Å². The van der Waals surface area contributed by atoms with E-state index >= 15 is 0 Å². The van der Waals surface area contributed by atoms with Gasteiger partial charge in [-0.25, -0.2) is 0 Å². The van der Waals surface area contributed by atoms with Crippen molar-refractivity contribution in [3.05, 3.63) is 27.6 Å². The van der Waals surface area contributed by atoms with Crippen molar-refractivity contribution < 1.29 is 4.42 Å². The van der Waals surface area contributed by atoms with Crippen LogP contribution in [0.5, 0.6) is 0 Å². The van der Waals surface area contributed by atoms with Gasteiger partial charge in [0.25, 0.3) is 0 Å². The Hall–Kier alpha value is -0.880. The number of hydrogen-bond acceptors (Lipinski definition) is 5. The van der Waals surface area contributed by atoms with Crippen molar-refractivity contribution in [3.8, 4) is 0 Å². The minimum absolute atomic E-state index is 0.606. The van der Waals surface area contributed by atoms with Crippen molar-refractivity contribution in [3.63, 3.8) is 0 Å². The Balaban J connectivity index is 1.91. The number of aromatic nitrogens is 2. The van der Waals surface area contributed by atoms with Crippen molar-refractivity contribution in [1.82, 2.24) is 10.2 Å². The average Bonchev–Trinajstić information content (AvgIpc) is 2.84. The third-order valence-corrected chi connectivity index (χ3v) is 3.75. The lowest BCUT2D eigenvalue weighted by Crippen LogP contribution is -1.97. The molecule has 0 spiro atoms. The number of nitrogens with zero attached hydrogens (tertiary/aromatic N) is 2. The van der Waals surface area contributed by atoms with Crippen LogP contribution in [0.4, 0.5) is 5.13 Å². The summed E-state index contributed by atoms with van der Waals surface area (Å²) in [7, 11) is 0. The summed E-state index contributed by atoms with van der Waals surface area (Å²) in [6.45, 7) is 4.97. The first-order chi connectivity index (χ1) is 8.15. The van der Waals surface area contributed by atoms with Crippen molar-refractivity contribution >= 4 is 32.4 Å². The fourth-order valence-corrected chi connectivity index (χ4v) is 2.65. The number of halogens is 1. The number of anilines is 1. The number of hydrogen-bond donors (Lipinski definition) is 1. The molecular formula is C11H14BrN3OS. The van der Waals surface area contributed by atoms with Gasteiger partial charge < -0.3 is 9.73 Å². The van der Waals surface area contributed by atoms with Gasteiger partial charge in [0, 0.05) is 6.42 Å². The van der Waals surface area contributed by atoms with E-state index in [-0.39, 0.29) is 0 Å². The molecule has 0 aromatic carbocycles. The smallest absolute Gasteiger partial charge is 0.206 e. The van der Waals surface area contributed by atoms with Gasteiger partial charge in [-0.1, -0.05) is 25.2 Å². The molecule has 1 N–H and O–H groups in total. The molecule has 0 atom stereocenters. The van der Waals surface area contributed by atoms with Crippen molar-refractivity contribution in [1.29, 1.82) is 0 Å². The molecule has 2 aromatic rings. The lowest BCUT2D eigenvalue weighted by molar-refractivity contribution is 0.516. The fraction of sp³-hybridized carbons (Fsp3) is 0.455. The summed E-state index contributed by atoms with van der Waals surface area (Å²) in [4.78, 5) is 0. The maximum absolute atomic E-state index is 5.30. The van der Waals surface area contributed by atoms with Gasteiger partial charge in [-0.05, 0) is 27.9 Å². The van der Waals surface area contributed by atoms with E-state index in [9.17, 15) is 0 Å². The van der Waals surface area contributed by atoms with Crippen LogP contribution in [0, 0.1) is 5.92 Å². The van der Waals surface area contributed by atoms with Crippen molar-refractivity contribution in [2.75, 3.05) is 5.32 Å². The minimum Gasteiger partial charge on any atom is -0.466 e. The Kier molecular flexibility index (Phi) is 4.17. The molecule has 0 bridgehead atoms. The Bertz CT molecular complexity index is 481. The van der Waals surface area contributed by atoms with Gasteiger partial charge in [0.2, 0.25) is 5.13 Å². The second kappa shape index (κ2) is 5.64. The van der Waals surface area contributed by atoms with Crippen LogP contribution in [0.15, 0.2) is 21.2 Å². The van der Waals surface area contributed by atoms with Crippen LogP contribution in [0.2, 0.25) is 0 Å². The lowest BCUT2D eigenvalue weighted by Gasteiger charge is -1.99. The third kappa shape index (κ3) is 3.54. The first kappa shape index (κ1) is 12.6. The monoisotopic (exact) mass is 315 g/mol. The quantitative estimate of drug-likeness (QED) is 0.914. The molecule has 92 valence electrons. The highest BCUT2D eigenvalue weighted by Gasteiger charge is 2.07. The zero-order chi connectivity index (χ0) is 12.3. The fourth-order valence-electron chi connectivity index (χ4n) is 1.36. The van der Waals surface area contributed by atoms with Gasteiger partial charge in [-0.2, -0.15) is 0 Å². The van der Waals surface area contributed by atoms with Crippen LogP contribution in [-0.4, -0.2) is 10.2 Å². The standard InChI is InChI=1S/C11H14BrN3OS/c1-7(2)5-10-14-15-11(17-10)13-6-9-8(12)3-4-16-9/h3-4,7H,5-6H2,1-2H3,(H,13,15). The zero-order valence-electron chi connectivity index (χ0n) is 9.74. The van der Waals surface area contributed by atoms with E-state index in [1.165, 1.54) is 0 Å². The highest BCUT2D eigenvalue weighted by Crippen LogP contribution is 2.21. The topological polar surface area (TPSA) is 51.0 Å². The lowest BCUT2D eigenvalue weighted by atomic mass is 10.1. The summed E-state index contributed by atoms with van der Waals surface area (Å²) in [5.41, 5.74) is 0. The highest BCUT2D eigenvalue weighted by atomic mass is 79.9. The summed E-state index contributed by atoms with van der Waals surface area (Å²) in [5.74, 6) is 1.47. The molecule has 0 unspecified atom stereocenters. The average molecular weight is 316 g/mol. The SMILES string of the molecule is CC(C)Cc1nnc(NCc2occc2Br)s1. The molecule has 6 heteroatoms. The third-order valence-electron chi connectivity index (χ3n) is 2.14. The molecule has 0 saturated heterocycles. The second-order valence-corrected chi connectivity index (χ2v) is 6.06. The van der Waals surface area contributed by atoms with Gasteiger partial charge in [-0.15, -0.1) is 10.2 Å². The predicted molar refractivity (Wildman–Crippen MR) is 72.2 cm³/mol. The minimum atomic E-state index is 0.606. The Morgan fingerprint density at radius 3 is 2.94 bits per heavy atom. The molecule has 2 rings (SSSR count). The zero-order valence-corrected chi connectivity index (χ0v) is 12.1. The molecule has 0 aliphatic rings. The molecule has 17 heavy (non-hydrogen) atoms. The van der Waals surface area contributed by atoms with Gasteiger partial charge in [0.1, 0.15) is 10.8 Å². The predicted octanol–water partition coefficient (Wildman–Crippen LogP) is 3.70. The Morgan fingerprint density at radius 2 is 2.29 bits per heavy atom. The molecule has 2 aromatic heterocycles. The van der Waals surface area contributed by atoms with Gasteiger partial charge in [0.05, 0.1) is 17.3 Å². The molecule has 2 heterocycles. The first-order valence-electron chi connectivity index (χ1n) is 5.43. The summed E-state index contributed by atoms with van der Waals surface area (Å²) < 4.78 is 6.27. The molecule has 0 aliphatic carbocycles. The van der Waals surface area contributed by atoms with Gasteiger partial charge in [-0.3, -0.25) is 0 Å². The van der Waals surface area contributed by atoms with Crippen LogP contribution >= 0.6 is 27.3 Å². The summed E-state index contributed by atoms with van der Waals surface area (Å²) in [6, 6.07) is 1.88. The molecule has 0 saturated carbocycles. The summed E-state index contributed by atoms with van der Waals surface area (Å²) >= 11 is 5.01. The van der Waals surface area contributed by atoms with Crippen molar-refractivity contribution in [2.45, 2.75) is 26.8 Å². The number of nitrogens with one attached hydrogen (secondary N) is 1. The highest BCUT2D eigenvalue weighted by molar-refractivity contribution is 9.10. The van der Waals surface area contributed by atoms with Crippen LogP contribution < -0.4 is 5.32 Å². The van der Waals surface area contributed by atoms with E-state index in [0.29, 0.717) is 12.5 Å². The largest absolute Gasteiger partial charge is 0.466 e. The van der Waals surface area contributed by atoms with E-state index in [4.69, 9.17) is 4.42 Å². The van der Waals surface area contributed by atoms with Crippen LogP contribution in [0.3, 0.4) is 0 Å². The molecule has 0 radical (unpaired) electrons. The second-order valence-electron chi connectivity index (χ2n) is 4.14. The van der Waals surface area contributed by atoms with Crippen LogP contribution in [-0.2, 0) is 13.0 Å².